The van der Waals surface area contributed by atoms with Crippen LogP contribution in [0, 0.1) is 0 Å². The summed E-state index contributed by atoms with van der Waals surface area (Å²) in [5.41, 5.74) is 1.21. The lowest BCUT2D eigenvalue weighted by molar-refractivity contribution is -0.114. The second-order valence-corrected chi connectivity index (χ2v) is 7.90. The molecular weight excluding hydrogens is 372 g/mol. The number of nitrogens with zero attached hydrogens (tertiary/aromatic N) is 1. The molecule has 3 rings (SSSR count). The lowest BCUT2D eigenvalue weighted by Gasteiger charge is -2.22. The highest BCUT2D eigenvalue weighted by Crippen LogP contribution is 2.34. The number of rotatable bonds is 6. The number of carbonyl (C=O) groups is 2. The Labute approximate surface area is 156 Å². The molecule has 1 N–H and O–H groups in total. The second kappa shape index (κ2) is 7.28. The van der Waals surface area contributed by atoms with E-state index in [-0.39, 0.29) is 12.6 Å². The summed E-state index contributed by atoms with van der Waals surface area (Å²) in [7, 11) is -3.71. The van der Waals surface area contributed by atoms with Crippen LogP contribution >= 0.6 is 0 Å². The third-order valence-corrected chi connectivity index (χ3v) is 5.05. The lowest BCUT2D eigenvalue weighted by Crippen LogP contribution is -2.37. The second-order valence-electron chi connectivity index (χ2n) is 5.99. The third-order valence-electron chi connectivity index (χ3n) is 3.91. The van der Waals surface area contributed by atoms with E-state index in [1.807, 2.05) is 0 Å². The van der Waals surface area contributed by atoms with Gasteiger partial charge >= 0.3 is 0 Å². The zero-order valence-electron chi connectivity index (χ0n) is 14.8. The maximum absolute atomic E-state index is 12.4. The summed E-state index contributed by atoms with van der Waals surface area (Å²) in [6.07, 6.45) is 1.01. The first-order valence-corrected chi connectivity index (χ1v) is 9.87. The Morgan fingerprint density at radius 3 is 2.37 bits per heavy atom. The van der Waals surface area contributed by atoms with Crippen molar-refractivity contribution in [1.29, 1.82) is 0 Å². The normalized spacial score (nSPS) is 12.5. The molecule has 0 saturated carbocycles. The molecule has 0 atom stereocenters. The van der Waals surface area contributed by atoms with Crippen molar-refractivity contribution in [2.75, 3.05) is 29.2 Å². The Balaban J connectivity index is 1.76. The Kier molecular flexibility index (Phi) is 5.04. The van der Waals surface area contributed by atoms with Crippen LogP contribution in [0.3, 0.4) is 0 Å². The number of carbonyl (C=O) groups excluding carboxylic acids is 2. The number of nitrogens with one attached hydrogen (secondary N) is 1. The molecule has 9 heteroatoms. The number of benzene rings is 2. The van der Waals surface area contributed by atoms with Crippen LogP contribution in [-0.4, -0.2) is 39.7 Å². The quantitative estimate of drug-likeness (QED) is 0.757. The number of hydrogen-bond acceptors (Lipinski definition) is 6. The molecule has 0 fully saturated rings. The predicted molar refractivity (Wildman–Crippen MR) is 99.8 cm³/mol. The lowest BCUT2D eigenvalue weighted by atomic mass is 10.1. The zero-order valence-corrected chi connectivity index (χ0v) is 15.6. The average molecular weight is 390 g/mol. The van der Waals surface area contributed by atoms with E-state index in [0.717, 1.165) is 10.6 Å². The first-order chi connectivity index (χ1) is 12.7. The molecule has 1 aliphatic heterocycles. The topological polar surface area (TPSA) is 102 Å². The summed E-state index contributed by atoms with van der Waals surface area (Å²) in [5, 5.41) is 2.64. The summed E-state index contributed by atoms with van der Waals surface area (Å²) in [4.78, 5) is 23.7. The van der Waals surface area contributed by atoms with Gasteiger partial charge in [-0.3, -0.25) is 13.9 Å². The van der Waals surface area contributed by atoms with Gasteiger partial charge in [0.1, 0.15) is 6.54 Å². The van der Waals surface area contributed by atoms with Crippen LogP contribution in [0.25, 0.3) is 0 Å². The molecule has 8 nitrogen and oxygen atoms in total. The molecule has 0 saturated heterocycles. The third kappa shape index (κ3) is 4.37. The van der Waals surface area contributed by atoms with Gasteiger partial charge in [-0.1, -0.05) is 0 Å². The van der Waals surface area contributed by atoms with Crippen molar-refractivity contribution < 1.29 is 27.5 Å². The number of ketones is 1. The number of hydrogen-bond donors (Lipinski definition) is 1. The smallest absolute Gasteiger partial charge is 0.245 e. The largest absolute Gasteiger partial charge is 0.454 e. The first kappa shape index (κ1) is 18.7. The predicted octanol–water partition coefficient (Wildman–Crippen LogP) is 2.02. The maximum atomic E-state index is 12.4. The van der Waals surface area contributed by atoms with Gasteiger partial charge in [0.05, 0.1) is 11.9 Å². The van der Waals surface area contributed by atoms with Crippen molar-refractivity contribution >= 4 is 33.1 Å². The molecule has 0 aliphatic carbocycles. The molecule has 0 spiro atoms. The summed E-state index contributed by atoms with van der Waals surface area (Å²) >= 11 is 0. The highest BCUT2D eigenvalue weighted by Gasteiger charge is 2.22. The van der Waals surface area contributed by atoms with Gasteiger partial charge in [0.2, 0.25) is 22.7 Å². The van der Waals surface area contributed by atoms with Gasteiger partial charge in [-0.15, -0.1) is 0 Å². The van der Waals surface area contributed by atoms with Crippen LogP contribution < -0.4 is 19.1 Å². The van der Waals surface area contributed by atoms with Crippen LogP contribution in [0.1, 0.15) is 17.3 Å². The van der Waals surface area contributed by atoms with Gasteiger partial charge in [0, 0.05) is 17.3 Å². The van der Waals surface area contributed by atoms with Crippen LogP contribution in [0.5, 0.6) is 11.5 Å². The van der Waals surface area contributed by atoms with E-state index >= 15 is 0 Å². The molecule has 142 valence electrons. The van der Waals surface area contributed by atoms with Crippen molar-refractivity contribution in [3.05, 3.63) is 48.0 Å². The van der Waals surface area contributed by atoms with Gasteiger partial charge in [0.25, 0.3) is 0 Å². The van der Waals surface area contributed by atoms with E-state index in [1.165, 1.54) is 31.2 Å². The monoisotopic (exact) mass is 390 g/mol. The highest BCUT2D eigenvalue weighted by atomic mass is 32.2. The molecular formula is C18H18N2O6S. The van der Waals surface area contributed by atoms with Gasteiger partial charge in [0.15, 0.2) is 17.3 Å². The van der Waals surface area contributed by atoms with Crippen molar-refractivity contribution in [1.82, 2.24) is 0 Å². The van der Waals surface area contributed by atoms with Gasteiger partial charge < -0.3 is 14.8 Å². The minimum absolute atomic E-state index is 0.116. The molecule has 27 heavy (non-hydrogen) atoms. The molecule has 2 aromatic carbocycles. The summed E-state index contributed by atoms with van der Waals surface area (Å²) in [6, 6.07) is 10.9. The number of fused-ring (bicyclic) bond motifs is 1. The SMILES string of the molecule is CC(=O)c1ccc(N(CC(=O)Nc2ccc3c(c2)OCO3)S(C)(=O)=O)cc1. The number of ether oxygens (including phenoxy) is 2. The molecule has 1 aliphatic rings. The Hall–Kier alpha value is -3.07. The molecule has 1 heterocycles. The Bertz CT molecular complexity index is 985. The molecule has 1 amide bonds. The average Bonchev–Trinajstić information content (AvgIpc) is 3.06. The number of sulfonamides is 1. The molecule has 2 aromatic rings. The summed E-state index contributed by atoms with van der Waals surface area (Å²) in [6.45, 7) is 1.12. The van der Waals surface area contributed by atoms with Gasteiger partial charge in [-0.05, 0) is 43.3 Å². The maximum Gasteiger partial charge on any atom is 0.245 e. The van der Waals surface area contributed by atoms with Crippen LogP contribution in [0.15, 0.2) is 42.5 Å². The first-order valence-electron chi connectivity index (χ1n) is 8.02. The molecule has 0 bridgehead atoms. The summed E-state index contributed by atoms with van der Waals surface area (Å²) in [5.74, 6) is 0.437. The zero-order chi connectivity index (χ0) is 19.6. The van der Waals surface area contributed by atoms with Crippen molar-refractivity contribution in [3.8, 4) is 11.5 Å². The van der Waals surface area contributed by atoms with Crippen LogP contribution in [0.2, 0.25) is 0 Å². The Morgan fingerprint density at radius 2 is 1.74 bits per heavy atom. The fourth-order valence-electron chi connectivity index (χ4n) is 2.57. The van der Waals surface area contributed by atoms with E-state index in [0.29, 0.717) is 28.4 Å². The molecule has 0 aromatic heterocycles. The minimum Gasteiger partial charge on any atom is -0.454 e. The van der Waals surface area contributed by atoms with E-state index in [4.69, 9.17) is 9.47 Å². The van der Waals surface area contributed by atoms with Crippen LogP contribution in [-0.2, 0) is 14.8 Å². The molecule has 0 radical (unpaired) electrons. The fourth-order valence-corrected chi connectivity index (χ4v) is 3.42. The fraction of sp³-hybridized carbons (Fsp3) is 0.222. The number of Topliss-reactive ketones (excluding diaryl/α,β-unsaturated/α-hetero) is 1. The standard InChI is InChI=1S/C18H18N2O6S/c1-12(21)13-3-6-15(7-4-13)20(27(2,23)24)10-18(22)19-14-5-8-16-17(9-14)26-11-25-16/h3-9H,10-11H2,1-2H3,(H,19,22). The van der Waals surface area contributed by atoms with E-state index in [9.17, 15) is 18.0 Å². The van der Waals surface area contributed by atoms with E-state index < -0.39 is 22.5 Å². The summed E-state index contributed by atoms with van der Waals surface area (Å²) < 4.78 is 35.7. The van der Waals surface area contributed by atoms with E-state index in [2.05, 4.69) is 5.32 Å². The highest BCUT2D eigenvalue weighted by molar-refractivity contribution is 7.92. The van der Waals surface area contributed by atoms with Crippen molar-refractivity contribution in [2.24, 2.45) is 0 Å². The Morgan fingerprint density at radius 1 is 1.07 bits per heavy atom. The van der Waals surface area contributed by atoms with E-state index in [1.54, 1.807) is 18.2 Å². The van der Waals surface area contributed by atoms with Crippen molar-refractivity contribution in [2.45, 2.75) is 6.92 Å². The molecule has 0 unspecified atom stereocenters. The minimum atomic E-state index is -3.71. The van der Waals surface area contributed by atoms with Crippen LogP contribution in [0.4, 0.5) is 11.4 Å². The van der Waals surface area contributed by atoms with Crippen molar-refractivity contribution in [3.63, 3.8) is 0 Å². The number of amides is 1. The number of anilines is 2. The van der Waals surface area contributed by atoms with Gasteiger partial charge in [-0.2, -0.15) is 0 Å². The van der Waals surface area contributed by atoms with Gasteiger partial charge in [-0.25, -0.2) is 8.42 Å².